The average molecular weight is 307 g/mol. The number of nitrogens with zero attached hydrogens (tertiary/aromatic N) is 1. The van der Waals surface area contributed by atoms with Gasteiger partial charge in [0, 0.05) is 29.1 Å². The molecule has 0 radical (unpaired) electrons. The largest absolute Gasteiger partial charge is 0.370 e. The fourth-order valence-corrected chi connectivity index (χ4v) is 3.42. The smallest absolute Gasteiger partial charge is 0.251 e. The highest BCUT2D eigenvalue weighted by atomic mass is 32.2. The Hall–Kier alpha value is -1.23. The molecule has 0 spiro atoms. The van der Waals surface area contributed by atoms with E-state index in [2.05, 4.69) is 28.8 Å². The van der Waals surface area contributed by atoms with E-state index in [9.17, 15) is 4.79 Å². The number of nitrogens with one attached hydrogen (secondary N) is 2. The van der Waals surface area contributed by atoms with E-state index in [0.29, 0.717) is 5.56 Å². The molecular formula is C16H25N3OS. The first-order valence-electron chi connectivity index (χ1n) is 7.64. The quantitative estimate of drug-likeness (QED) is 0.812. The zero-order valence-corrected chi connectivity index (χ0v) is 14.0. The van der Waals surface area contributed by atoms with Gasteiger partial charge in [-0.05, 0) is 44.6 Å². The van der Waals surface area contributed by atoms with Crippen LogP contribution in [0.2, 0.25) is 0 Å². The van der Waals surface area contributed by atoms with Crippen molar-refractivity contribution in [1.29, 1.82) is 0 Å². The first kappa shape index (κ1) is 16.1. The molecule has 0 aromatic carbocycles. The summed E-state index contributed by atoms with van der Waals surface area (Å²) in [5.74, 6) is 0.783. The molecule has 1 aromatic heterocycles. The number of hydrogen-bond acceptors (Lipinski definition) is 4. The van der Waals surface area contributed by atoms with E-state index >= 15 is 0 Å². The number of amides is 1. The van der Waals surface area contributed by atoms with Crippen LogP contribution in [0.3, 0.4) is 0 Å². The van der Waals surface area contributed by atoms with E-state index in [-0.39, 0.29) is 10.7 Å². The Labute approximate surface area is 131 Å². The Balaban J connectivity index is 1.99. The second kappa shape index (κ2) is 7.16. The predicted octanol–water partition coefficient (Wildman–Crippen LogP) is 3.23. The van der Waals surface area contributed by atoms with Crippen LogP contribution in [-0.4, -0.2) is 35.0 Å². The van der Waals surface area contributed by atoms with Gasteiger partial charge in [0.1, 0.15) is 5.82 Å². The fourth-order valence-electron chi connectivity index (χ4n) is 2.51. The molecule has 4 nitrogen and oxygen atoms in total. The van der Waals surface area contributed by atoms with Crippen molar-refractivity contribution in [2.75, 3.05) is 24.7 Å². The zero-order valence-electron chi connectivity index (χ0n) is 13.2. The molecule has 5 heteroatoms. The van der Waals surface area contributed by atoms with Crippen molar-refractivity contribution >= 4 is 23.5 Å². The van der Waals surface area contributed by atoms with Crippen molar-refractivity contribution in [3.63, 3.8) is 0 Å². The fraction of sp³-hybridized carbons (Fsp3) is 0.625. The van der Waals surface area contributed by atoms with Gasteiger partial charge in [-0.2, -0.15) is 11.8 Å². The molecule has 1 amide bonds. The molecule has 1 aromatic rings. The number of aromatic nitrogens is 1. The topological polar surface area (TPSA) is 54.0 Å². The number of pyridine rings is 1. The monoisotopic (exact) mass is 307 g/mol. The summed E-state index contributed by atoms with van der Waals surface area (Å²) in [7, 11) is 0. The molecule has 1 heterocycles. The third-order valence-electron chi connectivity index (χ3n) is 4.04. The molecule has 2 rings (SSSR count). The van der Waals surface area contributed by atoms with Gasteiger partial charge in [-0.15, -0.1) is 0 Å². The lowest BCUT2D eigenvalue weighted by Gasteiger charge is -2.40. The van der Waals surface area contributed by atoms with Gasteiger partial charge in [0.15, 0.2) is 0 Å². The number of aryl methyl sites for hydroxylation is 1. The Kier molecular flexibility index (Phi) is 5.51. The maximum Gasteiger partial charge on any atom is 0.251 e. The molecule has 116 valence electrons. The summed E-state index contributed by atoms with van der Waals surface area (Å²) in [5, 5.41) is 6.33. The number of carbonyl (C=O) groups excluding carboxylic acids is 1. The van der Waals surface area contributed by atoms with E-state index in [1.807, 2.05) is 30.8 Å². The minimum Gasteiger partial charge on any atom is -0.370 e. The summed E-state index contributed by atoms with van der Waals surface area (Å²) in [6.45, 7) is 5.65. The second-order valence-corrected chi connectivity index (χ2v) is 7.01. The van der Waals surface area contributed by atoms with Crippen LogP contribution in [-0.2, 0) is 0 Å². The lowest BCUT2D eigenvalue weighted by Crippen LogP contribution is -2.45. The SMILES string of the molecule is CCCNc1cc(C(=O)NCC2(SC)CCC2)cc(C)n1. The molecular weight excluding hydrogens is 282 g/mol. The molecule has 1 fully saturated rings. The molecule has 0 atom stereocenters. The van der Waals surface area contributed by atoms with Crippen LogP contribution in [0.5, 0.6) is 0 Å². The third-order valence-corrected chi connectivity index (χ3v) is 5.46. The van der Waals surface area contributed by atoms with Gasteiger partial charge in [0.2, 0.25) is 0 Å². The Bertz CT molecular complexity index is 495. The van der Waals surface area contributed by atoms with Gasteiger partial charge in [0.05, 0.1) is 0 Å². The van der Waals surface area contributed by atoms with E-state index in [1.54, 1.807) is 0 Å². The minimum atomic E-state index is 0.000346. The number of rotatable bonds is 7. The van der Waals surface area contributed by atoms with Gasteiger partial charge in [-0.3, -0.25) is 4.79 Å². The number of anilines is 1. The molecule has 0 aliphatic heterocycles. The maximum absolute atomic E-state index is 12.3. The Morgan fingerprint density at radius 1 is 1.43 bits per heavy atom. The normalized spacial score (nSPS) is 16.1. The van der Waals surface area contributed by atoms with Crippen LogP contribution in [0, 0.1) is 6.92 Å². The predicted molar refractivity (Wildman–Crippen MR) is 90.2 cm³/mol. The second-order valence-electron chi connectivity index (χ2n) is 5.73. The Morgan fingerprint density at radius 2 is 2.19 bits per heavy atom. The lowest BCUT2D eigenvalue weighted by atomic mass is 9.84. The summed E-state index contributed by atoms with van der Waals surface area (Å²) >= 11 is 1.87. The van der Waals surface area contributed by atoms with E-state index in [0.717, 1.165) is 31.0 Å². The van der Waals surface area contributed by atoms with Crippen LogP contribution in [0.4, 0.5) is 5.82 Å². The summed E-state index contributed by atoms with van der Waals surface area (Å²) in [6.07, 6.45) is 6.85. The van der Waals surface area contributed by atoms with Crippen molar-refractivity contribution < 1.29 is 4.79 Å². The van der Waals surface area contributed by atoms with Crippen LogP contribution < -0.4 is 10.6 Å². The maximum atomic E-state index is 12.3. The van der Waals surface area contributed by atoms with Crippen LogP contribution in [0.15, 0.2) is 12.1 Å². The molecule has 21 heavy (non-hydrogen) atoms. The van der Waals surface area contributed by atoms with Crippen molar-refractivity contribution in [1.82, 2.24) is 10.3 Å². The highest BCUT2D eigenvalue weighted by Crippen LogP contribution is 2.42. The van der Waals surface area contributed by atoms with Crippen LogP contribution in [0.1, 0.15) is 48.7 Å². The first-order chi connectivity index (χ1) is 10.1. The van der Waals surface area contributed by atoms with Crippen molar-refractivity contribution in [3.05, 3.63) is 23.4 Å². The molecule has 0 unspecified atom stereocenters. The molecule has 0 bridgehead atoms. The van der Waals surface area contributed by atoms with E-state index in [4.69, 9.17) is 0 Å². The standard InChI is InChI=1S/C16H25N3OS/c1-4-8-17-14-10-13(9-12(2)19-14)15(20)18-11-16(21-3)6-5-7-16/h9-10H,4-8,11H2,1-3H3,(H,17,19)(H,18,20). The van der Waals surface area contributed by atoms with Gasteiger partial charge < -0.3 is 10.6 Å². The van der Waals surface area contributed by atoms with E-state index in [1.165, 1.54) is 19.3 Å². The van der Waals surface area contributed by atoms with Gasteiger partial charge in [0.25, 0.3) is 5.91 Å². The average Bonchev–Trinajstić information content (AvgIpc) is 2.43. The summed E-state index contributed by atoms with van der Waals surface area (Å²) < 4.78 is 0.265. The third kappa shape index (κ3) is 4.13. The number of carbonyl (C=O) groups is 1. The minimum absolute atomic E-state index is 0.000346. The number of thioether (sulfide) groups is 1. The van der Waals surface area contributed by atoms with Crippen LogP contribution >= 0.6 is 11.8 Å². The highest BCUT2D eigenvalue weighted by Gasteiger charge is 2.36. The lowest BCUT2D eigenvalue weighted by molar-refractivity contribution is 0.0943. The summed E-state index contributed by atoms with van der Waals surface area (Å²) in [4.78, 5) is 16.8. The van der Waals surface area contributed by atoms with Crippen molar-refractivity contribution in [2.24, 2.45) is 0 Å². The highest BCUT2D eigenvalue weighted by molar-refractivity contribution is 8.00. The van der Waals surface area contributed by atoms with E-state index < -0.39 is 0 Å². The summed E-state index contributed by atoms with van der Waals surface area (Å²) in [5.41, 5.74) is 1.56. The van der Waals surface area contributed by atoms with Crippen molar-refractivity contribution in [3.8, 4) is 0 Å². The molecule has 1 aliphatic rings. The first-order valence-corrected chi connectivity index (χ1v) is 8.87. The molecule has 1 saturated carbocycles. The zero-order chi connectivity index (χ0) is 15.3. The summed E-state index contributed by atoms with van der Waals surface area (Å²) in [6, 6.07) is 3.68. The molecule has 2 N–H and O–H groups in total. The van der Waals surface area contributed by atoms with Gasteiger partial charge >= 0.3 is 0 Å². The van der Waals surface area contributed by atoms with Crippen molar-refractivity contribution in [2.45, 2.75) is 44.3 Å². The molecule has 1 aliphatic carbocycles. The molecule has 0 saturated heterocycles. The number of hydrogen-bond donors (Lipinski definition) is 2. The Morgan fingerprint density at radius 3 is 2.76 bits per heavy atom. The van der Waals surface area contributed by atoms with Gasteiger partial charge in [-0.1, -0.05) is 13.3 Å². The van der Waals surface area contributed by atoms with Crippen LogP contribution in [0.25, 0.3) is 0 Å². The van der Waals surface area contributed by atoms with Gasteiger partial charge in [-0.25, -0.2) is 4.98 Å².